The normalized spacial score (nSPS) is 11.2. The number of aromatic nitrogens is 4. The lowest BCUT2D eigenvalue weighted by Gasteiger charge is -1.90. The fourth-order valence-electron chi connectivity index (χ4n) is 1.57. The molecule has 0 aliphatic rings. The van der Waals surface area contributed by atoms with E-state index in [-0.39, 0.29) is 6.54 Å². The minimum atomic E-state index is 0.266. The summed E-state index contributed by atoms with van der Waals surface area (Å²) in [7, 11) is 0. The van der Waals surface area contributed by atoms with Gasteiger partial charge >= 0.3 is 0 Å². The Morgan fingerprint density at radius 1 is 1.33 bits per heavy atom. The molecule has 0 aliphatic carbocycles. The van der Waals surface area contributed by atoms with E-state index in [0.717, 1.165) is 11.3 Å². The fourth-order valence-corrected chi connectivity index (χ4v) is 2.24. The predicted molar refractivity (Wildman–Crippen MR) is 66.9 cm³/mol. The molecule has 0 atom stereocenters. The van der Waals surface area contributed by atoms with Crippen LogP contribution in [-0.4, -0.2) is 19.6 Å². The second kappa shape index (κ2) is 4.79. The Bertz CT molecular complexity index is 629. The van der Waals surface area contributed by atoms with Crippen LogP contribution in [0.1, 0.15) is 11.6 Å². The van der Waals surface area contributed by atoms with Crippen LogP contribution in [0.3, 0.4) is 0 Å². The predicted octanol–water partition coefficient (Wildman–Crippen LogP) is 1.47. The molecule has 2 N–H and O–H groups in total. The standard InChI is InChI=1S/C11H11N5OS/c12-5-10-14-15-11(17-10)18-7-8-6-16-4-2-1-3-9(16)13-8/h1-4,6H,5,7,12H2. The van der Waals surface area contributed by atoms with Crippen molar-refractivity contribution in [1.82, 2.24) is 19.6 Å². The molecule has 0 aliphatic heterocycles. The summed E-state index contributed by atoms with van der Waals surface area (Å²) < 4.78 is 7.29. The maximum atomic E-state index is 5.40. The highest BCUT2D eigenvalue weighted by Gasteiger charge is 2.07. The molecule has 0 aromatic carbocycles. The second-order valence-corrected chi connectivity index (χ2v) is 4.58. The Labute approximate surface area is 107 Å². The summed E-state index contributed by atoms with van der Waals surface area (Å²) in [4.78, 5) is 4.48. The van der Waals surface area contributed by atoms with Gasteiger partial charge in [-0.05, 0) is 12.1 Å². The van der Waals surface area contributed by atoms with Crippen molar-refractivity contribution < 1.29 is 4.42 Å². The monoisotopic (exact) mass is 261 g/mol. The highest BCUT2D eigenvalue weighted by atomic mass is 32.2. The maximum Gasteiger partial charge on any atom is 0.277 e. The highest BCUT2D eigenvalue weighted by Crippen LogP contribution is 2.21. The van der Waals surface area contributed by atoms with Gasteiger partial charge in [0.05, 0.1) is 12.2 Å². The van der Waals surface area contributed by atoms with Gasteiger partial charge in [0, 0.05) is 18.1 Å². The molecule has 3 aromatic heterocycles. The first-order valence-corrected chi connectivity index (χ1v) is 6.41. The number of fused-ring (bicyclic) bond motifs is 1. The molecule has 0 fully saturated rings. The van der Waals surface area contributed by atoms with Crippen molar-refractivity contribution in [2.24, 2.45) is 5.73 Å². The molecule has 3 heterocycles. The van der Waals surface area contributed by atoms with Crippen molar-refractivity contribution in [1.29, 1.82) is 0 Å². The summed E-state index contributed by atoms with van der Waals surface area (Å²) in [6.07, 6.45) is 3.96. The first-order chi connectivity index (χ1) is 8.85. The van der Waals surface area contributed by atoms with E-state index in [1.807, 2.05) is 35.0 Å². The topological polar surface area (TPSA) is 82.2 Å². The zero-order valence-electron chi connectivity index (χ0n) is 9.48. The third kappa shape index (κ3) is 2.22. The Morgan fingerprint density at radius 2 is 2.28 bits per heavy atom. The Morgan fingerprint density at radius 3 is 3.06 bits per heavy atom. The summed E-state index contributed by atoms with van der Waals surface area (Å²) >= 11 is 1.45. The van der Waals surface area contributed by atoms with Gasteiger partial charge in [0.25, 0.3) is 5.22 Å². The largest absolute Gasteiger partial charge is 0.415 e. The van der Waals surface area contributed by atoms with Crippen LogP contribution in [0.15, 0.2) is 40.2 Å². The molecule has 0 radical (unpaired) electrons. The van der Waals surface area contributed by atoms with E-state index < -0.39 is 0 Å². The van der Waals surface area contributed by atoms with Crippen molar-refractivity contribution in [2.75, 3.05) is 0 Å². The SMILES string of the molecule is NCc1nnc(SCc2cn3ccccc3n2)o1. The van der Waals surface area contributed by atoms with Crippen LogP contribution in [-0.2, 0) is 12.3 Å². The third-order valence-corrected chi connectivity index (χ3v) is 3.23. The van der Waals surface area contributed by atoms with Gasteiger partial charge in [-0.15, -0.1) is 10.2 Å². The quantitative estimate of drug-likeness (QED) is 0.716. The highest BCUT2D eigenvalue weighted by molar-refractivity contribution is 7.98. The van der Waals surface area contributed by atoms with E-state index in [1.54, 1.807) is 0 Å². The molecular weight excluding hydrogens is 250 g/mol. The minimum Gasteiger partial charge on any atom is -0.415 e. The number of hydrogen-bond acceptors (Lipinski definition) is 6. The molecule has 0 saturated carbocycles. The van der Waals surface area contributed by atoms with Crippen molar-refractivity contribution >= 4 is 17.4 Å². The van der Waals surface area contributed by atoms with Crippen molar-refractivity contribution in [3.8, 4) is 0 Å². The summed E-state index contributed by atoms with van der Waals surface area (Å²) in [6.45, 7) is 0.266. The van der Waals surface area contributed by atoms with Crippen LogP contribution in [0.5, 0.6) is 0 Å². The summed E-state index contributed by atoms with van der Waals surface area (Å²) in [5.41, 5.74) is 7.30. The molecule has 0 amide bonds. The number of pyridine rings is 1. The Hall–Kier alpha value is -1.86. The van der Waals surface area contributed by atoms with Gasteiger partial charge in [0.2, 0.25) is 5.89 Å². The van der Waals surface area contributed by atoms with Crippen molar-refractivity contribution in [3.05, 3.63) is 42.2 Å². The Balaban J connectivity index is 1.72. The van der Waals surface area contributed by atoms with Crippen molar-refractivity contribution in [3.63, 3.8) is 0 Å². The smallest absolute Gasteiger partial charge is 0.277 e. The van der Waals surface area contributed by atoms with Gasteiger partial charge in [-0.3, -0.25) is 0 Å². The summed E-state index contributed by atoms with van der Waals surface area (Å²) in [5.74, 6) is 1.14. The van der Waals surface area contributed by atoms with Crippen LogP contribution in [0.25, 0.3) is 5.65 Å². The minimum absolute atomic E-state index is 0.266. The second-order valence-electron chi connectivity index (χ2n) is 3.65. The van der Waals surface area contributed by atoms with E-state index in [9.17, 15) is 0 Å². The molecule has 0 spiro atoms. The molecule has 18 heavy (non-hydrogen) atoms. The van der Waals surface area contributed by atoms with E-state index in [1.165, 1.54) is 11.8 Å². The van der Waals surface area contributed by atoms with Crippen molar-refractivity contribution in [2.45, 2.75) is 17.5 Å². The lowest BCUT2D eigenvalue weighted by atomic mass is 10.5. The van der Waals surface area contributed by atoms with Gasteiger partial charge in [0.1, 0.15) is 5.65 Å². The molecule has 0 bridgehead atoms. The van der Waals surface area contributed by atoms with Crippen LogP contribution in [0, 0.1) is 0 Å². The first-order valence-electron chi connectivity index (χ1n) is 5.43. The first kappa shape index (κ1) is 11.2. The van der Waals surface area contributed by atoms with E-state index >= 15 is 0 Å². The van der Waals surface area contributed by atoms with E-state index in [2.05, 4.69) is 15.2 Å². The zero-order valence-corrected chi connectivity index (χ0v) is 10.3. The summed E-state index contributed by atoms with van der Waals surface area (Å²) in [5, 5.41) is 8.21. The van der Waals surface area contributed by atoms with Gasteiger partial charge in [-0.2, -0.15) is 0 Å². The fraction of sp³-hybridized carbons (Fsp3) is 0.182. The van der Waals surface area contributed by atoms with E-state index in [0.29, 0.717) is 16.9 Å². The molecular formula is C11H11N5OS. The molecule has 3 rings (SSSR count). The molecule has 92 valence electrons. The lowest BCUT2D eigenvalue weighted by molar-refractivity contribution is 0.414. The van der Waals surface area contributed by atoms with Crippen LogP contribution in [0.2, 0.25) is 0 Å². The van der Waals surface area contributed by atoms with Crippen LogP contribution >= 0.6 is 11.8 Å². The van der Waals surface area contributed by atoms with Crippen LogP contribution in [0.4, 0.5) is 0 Å². The maximum absolute atomic E-state index is 5.40. The lowest BCUT2D eigenvalue weighted by Crippen LogP contribution is -1.95. The summed E-state index contributed by atoms with van der Waals surface area (Å²) in [6, 6.07) is 5.90. The number of imidazole rings is 1. The van der Waals surface area contributed by atoms with Gasteiger partial charge in [-0.1, -0.05) is 17.8 Å². The molecule has 0 saturated heterocycles. The van der Waals surface area contributed by atoms with Gasteiger partial charge in [0.15, 0.2) is 0 Å². The zero-order chi connectivity index (χ0) is 12.4. The Kier molecular flexibility index (Phi) is 2.99. The number of nitrogens with two attached hydrogens (primary N) is 1. The number of rotatable bonds is 4. The van der Waals surface area contributed by atoms with Gasteiger partial charge < -0.3 is 14.6 Å². The van der Waals surface area contributed by atoms with Gasteiger partial charge in [-0.25, -0.2) is 4.98 Å². The molecule has 6 nitrogen and oxygen atoms in total. The average molecular weight is 261 g/mol. The van der Waals surface area contributed by atoms with Crippen LogP contribution < -0.4 is 5.73 Å². The number of nitrogens with zero attached hydrogens (tertiary/aromatic N) is 4. The number of hydrogen-bond donors (Lipinski definition) is 1. The molecule has 3 aromatic rings. The van der Waals surface area contributed by atoms with E-state index in [4.69, 9.17) is 10.2 Å². The molecule has 0 unspecified atom stereocenters. The molecule has 7 heteroatoms. The third-order valence-electron chi connectivity index (χ3n) is 2.38. The number of thioether (sulfide) groups is 1. The average Bonchev–Trinajstić information content (AvgIpc) is 3.02.